The quantitative estimate of drug-likeness (QED) is 0.172. The summed E-state index contributed by atoms with van der Waals surface area (Å²) in [6.07, 6.45) is 6.18. The largest absolute Gasteiger partial charge is 0.457 e. The summed E-state index contributed by atoms with van der Waals surface area (Å²) in [5, 5.41) is 11.0. The predicted molar refractivity (Wildman–Crippen MR) is 109 cm³/mol. The summed E-state index contributed by atoms with van der Waals surface area (Å²) in [5.41, 5.74) is 1.02. The van der Waals surface area contributed by atoms with Crippen molar-refractivity contribution in [3.63, 3.8) is 0 Å². The number of allylic oxidation sites excluding steroid dienone is 3. The molecule has 0 saturated heterocycles. The van der Waals surface area contributed by atoms with Gasteiger partial charge in [-0.05, 0) is 54.6 Å². The molecule has 0 bridgehead atoms. The van der Waals surface area contributed by atoms with Crippen LogP contribution in [0.25, 0.3) is 6.08 Å². The van der Waals surface area contributed by atoms with Gasteiger partial charge in [-0.1, -0.05) is 42.5 Å². The van der Waals surface area contributed by atoms with Gasteiger partial charge in [0.25, 0.3) is 5.69 Å². The van der Waals surface area contributed by atoms with Crippen molar-refractivity contribution in [1.29, 1.82) is 0 Å². The monoisotopic (exact) mass is 371 g/mol. The fourth-order valence-electron chi connectivity index (χ4n) is 2.50. The number of ether oxygens (including phenoxy) is 1. The Morgan fingerprint density at radius 2 is 1.46 bits per heavy atom. The lowest BCUT2D eigenvalue weighted by Gasteiger charge is -2.05. The van der Waals surface area contributed by atoms with Crippen molar-refractivity contribution >= 4 is 17.5 Å². The number of nitrogens with zero attached hydrogens (tertiary/aromatic N) is 1. The Labute approximate surface area is 162 Å². The molecule has 0 unspecified atom stereocenters. The number of benzene rings is 3. The van der Waals surface area contributed by atoms with Gasteiger partial charge in [0.05, 0.1) is 10.5 Å². The van der Waals surface area contributed by atoms with Crippen molar-refractivity contribution in [2.45, 2.75) is 0 Å². The van der Waals surface area contributed by atoms with Crippen LogP contribution in [0.4, 0.5) is 5.69 Å². The summed E-state index contributed by atoms with van der Waals surface area (Å²) in [6.45, 7) is 0. The van der Waals surface area contributed by atoms with E-state index in [1.165, 1.54) is 12.1 Å². The van der Waals surface area contributed by atoms with Crippen LogP contribution in [0.2, 0.25) is 0 Å². The predicted octanol–water partition coefficient (Wildman–Crippen LogP) is 5.84. The number of carbonyl (C=O) groups is 1. The maximum Gasteiger partial charge on any atom is 0.276 e. The van der Waals surface area contributed by atoms with E-state index in [4.69, 9.17) is 4.74 Å². The maximum absolute atomic E-state index is 12.2. The van der Waals surface area contributed by atoms with E-state index in [9.17, 15) is 14.9 Å². The van der Waals surface area contributed by atoms with Crippen molar-refractivity contribution in [1.82, 2.24) is 0 Å². The molecule has 0 N–H and O–H groups in total. The molecule has 5 nitrogen and oxygen atoms in total. The van der Waals surface area contributed by atoms with Gasteiger partial charge >= 0.3 is 0 Å². The molecule has 0 aliphatic carbocycles. The standard InChI is InChI=1S/C23H17NO4/c25-23(13-7-5-9-18-8-4-6-12-22(18)24(26)27)19-14-16-21(17-15-19)28-20-10-2-1-3-11-20/h1-17H/b9-5+,13-7+. The Balaban J connectivity index is 1.62. The molecule has 5 heteroatoms. The SMILES string of the molecule is O=C(/C=C/C=C/c1ccccc1[N+](=O)[O-])c1ccc(Oc2ccccc2)cc1. The van der Waals surface area contributed by atoms with Crippen LogP contribution in [0.1, 0.15) is 15.9 Å². The highest BCUT2D eigenvalue weighted by atomic mass is 16.6. The third-order valence-electron chi connectivity index (χ3n) is 3.89. The molecule has 0 aliphatic heterocycles. The fraction of sp³-hybridized carbons (Fsp3) is 0. The third-order valence-corrected chi connectivity index (χ3v) is 3.89. The molecular weight excluding hydrogens is 354 g/mol. The van der Waals surface area contributed by atoms with Gasteiger partial charge in [-0.2, -0.15) is 0 Å². The molecule has 0 saturated carbocycles. The van der Waals surface area contributed by atoms with Gasteiger partial charge < -0.3 is 4.74 Å². The van der Waals surface area contributed by atoms with Crippen molar-refractivity contribution in [2.24, 2.45) is 0 Å². The lowest BCUT2D eigenvalue weighted by molar-refractivity contribution is -0.385. The average molecular weight is 371 g/mol. The van der Waals surface area contributed by atoms with Crippen molar-refractivity contribution < 1.29 is 14.5 Å². The van der Waals surface area contributed by atoms with Crippen LogP contribution in [-0.2, 0) is 0 Å². The van der Waals surface area contributed by atoms with Crippen LogP contribution < -0.4 is 4.74 Å². The number of para-hydroxylation sites is 2. The van der Waals surface area contributed by atoms with E-state index < -0.39 is 4.92 Å². The molecule has 0 amide bonds. The van der Waals surface area contributed by atoms with E-state index in [0.29, 0.717) is 16.9 Å². The lowest BCUT2D eigenvalue weighted by Crippen LogP contribution is -1.94. The van der Waals surface area contributed by atoms with Gasteiger partial charge in [0.1, 0.15) is 11.5 Å². The second-order valence-electron chi connectivity index (χ2n) is 5.84. The van der Waals surface area contributed by atoms with Crippen LogP contribution in [0.5, 0.6) is 11.5 Å². The molecule has 0 radical (unpaired) electrons. The summed E-state index contributed by atoms with van der Waals surface area (Å²) in [5.74, 6) is 1.20. The Morgan fingerprint density at radius 3 is 2.18 bits per heavy atom. The molecular formula is C23H17NO4. The Bertz CT molecular complexity index is 1020. The van der Waals surface area contributed by atoms with Crippen molar-refractivity contribution in [3.8, 4) is 11.5 Å². The fourth-order valence-corrected chi connectivity index (χ4v) is 2.50. The molecule has 3 rings (SSSR count). The van der Waals surface area contributed by atoms with Gasteiger partial charge in [0.2, 0.25) is 0 Å². The Hall–Kier alpha value is -3.99. The van der Waals surface area contributed by atoms with E-state index in [1.54, 1.807) is 60.7 Å². The van der Waals surface area contributed by atoms with E-state index in [0.717, 1.165) is 5.75 Å². The third kappa shape index (κ3) is 5.02. The first-order valence-corrected chi connectivity index (χ1v) is 8.59. The van der Waals surface area contributed by atoms with Gasteiger partial charge in [0.15, 0.2) is 5.78 Å². The van der Waals surface area contributed by atoms with Crippen LogP contribution in [0, 0.1) is 10.1 Å². The van der Waals surface area contributed by atoms with E-state index in [-0.39, 0.29) is 11.5 Å². The van der Waals surface area contributed by atoms with Gasteiger partial charge in [-0.25, -0.2) is 0 Å². The van der Waals surface area contributed by atoms with Gasteiger partial charge in [-0.3, -0.25) is 14.9 Å². The highest BCUT2D eigenvalue weighted by Gasteiger charge is 2.08. The number of hydrogen-bond donors (Lipinski definition) is 0. The minimum atomic E-state index is -0.437. The smallest absolute Gasteiger partial charge is 0.276 e. The zero-order chi connectivity index (χ0) is 19.8. The topological polar surface area (TPSA) is 69.4 Å². The van der Waals surface area contributed by atoms with E-state index in [2.05, 4.69) is 0 Å². The average Bonchev–Trinajstić information content (AvgIpc) is 2.72. The Kier molecular flexibility index (Phi) is 6.10. The van der Waals surface area contributed by atoms with Crippen LogP contribution in [0.15, 0.2) is 97.1 Å². The van der Waals surface area contributed by atoms with E-state index in [1.807, 2.05) is 30.3 Å². The van der Waals surface area contributed by atoms with Crippen LogP contribution >= 0.6 is 0 Å². The highest BCUT2D eigenvalue weighted by molar-refractivity contribution is 6.04. The van der Waals surface area contributed by atoms with Crippen LogP contribution in [-0.4, -0.2) is 10.7 Å². The zero-order valence-electron chi connectivity index (χ0n) is 14.9. The summed E-state index contributed by atoms with van der Waals surface area (Å²) >= 11 is 0. The zero-order valence-corrected chi connectivity index (χ0v) is 14.9. The highest BCUT2D eigenvalue weighted by Crippen LogP contribution is 2.21. The molecule has 3 aromatic rings. The van der Waals surface area contributed by atoms with Crippen LogP contribution in [0.3, 0.4) is 0 Å². The number of carbonyl (C=O) groups excluding carboxylic acids is 1. The summed E-state index contributed by atoms with van der Waals surface area (Å²) in [4.78, 5) is 22.8. The van der Waals surface area contributed by atoms with Crippen molar-refractivity contribution in [3.05, 3.63) is 118 Å². The first-order chi connectivity index (χ1) is 13.6. The molecule has 0 atom stereocenters. The summed E-state index contributed by atoms with van der Waals surface area (Å²) < 4.78 is 5.70. The number of ketones is 1. The summed E-state index contributed by atoms with van der Waals surface area (Å²) in [7, 11) is 0. The summed E-state index contributed by atoms with van der Waals surface area (Å²) in [6, 6.07) is 22.7. The molecule has 0 spiro atoms. The van der Waals surface area contributed by atoms with Gasteiger partial charge in [0, 0.05) is 11.6 Å². The number of nitro groups is 1. The molecule has 0 aliphatic rings. The number of hydrogen-bond acceptors (Lipinski definition) is 4. The van der Waals surface area contributed by atoms with Crippen molar-refractivity contribution in [2.75, 3.05) is 0 Å². The molecule has 3 aromatic carbocycles. The minimum absolute atomic E-state index is 0.0208. The Morgan fingerprint density at radius 1 is 0.821 bits per heavy atom. The first-order valence-electron chi connectivity index (χ1n) is 8.59. The lowest BCUT2D eigenvalue weighted by atomic mass is 10.1. The molecule has 0 aromatic heterocycles. The maximum atomic E-state index is 12.2. The molecule has 28 heavy (non-hydrogen) atoms. The minimum Gasteiger partial charge on any atom is -0.457 e. The normalized spacial score (nSPS) is 11.0. The first kappa shape index (κ1) is 18.8. The number of nitro benzene ring substituents is 1. The number of rotatable bonds is 7. The van der Waals surface area contributed by atoms with E-state index >= 15 is 0 Å². The van der Waals surface area contributed by atoms with Gasteiger partial charge in [-0.15, -0.1) is 0 Å². The molecule has 138 valence electrons. The molecule has 0 fully saturated rings. The molecule has 0 heterocycles. The second kappa shape index (κ2) is 9.09. The second-order valence-corrected chi connectivity index (χ2v) is 5.84.